The Bertz CT molecular complexity index is 686. The van der Waals surface area contributed by atoms with Gasteiger partial charge in [-0.1, -0.05) is 11.6 Å². The lowest BCUT2D eigenvalue weighted by Gasteiger charge is -2.07. The standard InChI is InChI=1S/C14H12ClF3N2O2S/c1-8-12(13(21)19-7-14(16,17)18)23-11(20-8)6-22-10-4-2-9(15)3-5-10/h2-5H,6-7H2,1H3,(H,19,21). The molecule has 1 aromatic heterocycles. The number of halogens is 4. The van der Waals surface area contributed by atoms with Crippen LogP contribution in [0.2, 0.25) is 5.02 Å². The highest BCUT2D eigenvalue weighted by atomic mass is 35.5. The SMILES string of the molecule is Cc1nc(COc2ccc(Cl)cc2)sc1C(=O)NCC(F)(F)F. The first-order valence-corrected chi connectivity index (χ1v) is 7.63. The predicted molar refractivity (Wildman–Crippen MR) is 81.0 cm³/mol. The molecule has 0 saturated carbocycles. The average Bonchev–Trinajstić information content (AvgIpc) is 2.84. The second kappa shape index (κ2) is 7.18. The maximum atomic E-state index is 12.1. The van der Waals surface area contributed by atoms with Crippen LogP contribution < -0.4 is 10.1 Å². The fourth-order valence-electron chi connectivity index (χ4n) is 1.66. The first-order chi connectivity index (χ1) is 10.7. The van der Waals surface area contributed by atoms with E-state index in [1.54, 1.807) is 31.2 Å². The topological polar surface area (TPSA) is 51.2 Å². The molecule has 0 unspecified atom stereocenters. The molecule has 0 aliphatic heterocycles. The summed E-state index contributed by atoms with van der Waals surface area (Å²) in [7, 11) is 0. The first-order valence-electron chi connectivity index (χ1n) is 6.44. The van der Waals surface area contributed by atoms with Gasteiger partial charge in [-0.25, -0.2) is 4.98 Å². The molecule has 0 radical (unpaired) electrons. The Hall–Kier alpha value is -1.80. The molecule has 0 aliphatic carbocycles. The molecule has 0 atom stereocenters. The number of amides is 1. The molecule has 124 valence electrons. The highest BCUT2D eigenvalue weighted by Gasteiger charge is 2.28. The zero-order valence-corrected chi connectivity index (χ0v) is 13.5. The third-order valence-corrected chi connectivity index (χ3v) is 4.05. The smallest absolute Gasteiger partial charge is 0.405 e. The number of nitrogens with zero attached hydrogens (tertiary/aromatic N) is 1. The number of aromatic nitrogens is 1. The Morgan fingerprint density at radius 1 is 1.35 bits per heavy atom. The largest absolute Gasteiger partial charge is 0.486 e. The second-order valence-corrected chi connectivity index (χ2v) is 6.08. The van der Waals surface area contributed by atoms with E-state index >= 15 is 0 Å². The van der Waals surface area contributed by atoms with Crippen molar-refractivity contribution in [1.82, 2.24) is 10.3 Å². The summed E-state index contributed by atoms with van der Waals surface area (Å²) in [6.07, 6.45) is -4.45. The van der Waals surface area contributed by atoms with E-state index in [0.29, 0.717) is 21.5 Å². The maximum absolute atomic E-state index is 12.1. The van der Waals surface area contributed by atoms with Crippen LogP contribution in [0.4, 0.5) is 13.2 Å². The second-order valence-electron chi connectivity index (χ2n) is 4.56. The minimum Gasteiger partial charge on any atom is -0.486 e. The van der Waals surface area contributed by atoms with Gasteiger partial charge in [0.1, 0.15) is 28.8 Å². The van der Waals surface area contributed by atoms with Crippen LogP contribution in [-0.4, -0.2) is 23.6 Å². The molecule has 23 heavy (non-hydrogen) atoms. The summed E-state index contributed by atoms with van der Waals surface area (Å²) in [5.41, 5.74) is 0.365. The predicted octanol–water partition coefficient (Wildman–Crippen LogP) is 3.98. The van der Waals surface area contributed by atoms with Crippen molar-refractivity contribution in [3.8, 4) is 5.75 Å². The molecular weight excluding hydrogens is 353 g/mol. The molecule has 2 rings (SSSR count). The van der Waals surface area contributed by atoms with Crippen LogP contribution in [0.25, 0.3) is 0 Å². The summed E-state index contributed by atoms with van der Waals surface area (Å²) in [5, 5.41) is 2.89. The number of aryl methyl sites for hydroxylation is 1. The Kier molecular flexibility index (Phi) is 5.48. The number of carbonyl (C=O) groups excluding carboxylic acids is 1. The van der Waals surface area contributed by atoms with Gasteiger partial charge in [0.05, 0.1) is 5.69 Å². The van der Waals surface area contributed by atoms with E-state index in [-0.39, 0.29) is 11.5 Å². The van der Waals surface area contributed by atoms with Crippen LogP contribution in [0, 0.1) is 6.92 Å². The molecule has 1 aromatic carbocycles. The zero-order valence-electron chi connectivity index (χ0n) is 11.9. The summed E-state index contributed by atoms with van der Waals surface area (Å²) in [6.45, 7) is 0.296. The summed E-state index contributed by atoms with van der Waals surface area (Å²) < 4.78 is 41.8. The third-order valence-electron chi connectivity index (χ3n) is 2.67. The molecule has 1 N–H and O–H groups in total. The fourth-order valence-corrected chi connectivity index (χ4v) is 2.68. The van der Waals surface area contributed by atoms with Gasteiger partial charge in [0, 0.05) is 5.02 Å². The maximum Gasteiger partial charge on any atom is 0.405 e. The minimum absolute atomic E-state index is 0.111. The molecule has 4 nitrogen and oxygen atoms in total. The van der Waals surface area contributed by atoms with Gasteiger partial charge >= 0.3 is 6.18 Å². The molecular formula is C14H12ClF3N2O2S. The Morgan fingerprint density at radius 2 is 2.00 bits per heavy atom. The molecule has 9 heteroatoms. The Labute approximate surface area is 139 Å². The van der Waals surface area contributed by atoms with E-state index in [1.165, 1.54) is 0 Å². The van der Waals surface area contributed by atoms with Crippen LogP contribution in [0.5, 0.6) is 5.75 Å². The summed E-state index contributed by atoms with van der Waals surface area (Å²) in [4.78, 5) is 16.0. The lowest BCUT2D eigenvalue weighted by Crippen LogP contribution is -2.33. The van der Waals surface area contributed by atoms with Gasteiger partial charge in [0.15, 0.2) is 0 Å². The van der Waals surface area contributed by atoms with E-state index in [2.05, 4.69) is 4.98 Å². The number of rotatable bonds is 5. The van der Waals surface area contributed by atoms with E-state index in [4.69, 9.17) is 16.3 Å². The first kappa shape index (κ1) is 17.6. The zero-order chi connectivity index (χ0) is 17.0. The van der Waals surface area contributed by atoms with Crippen molar-refractivity contribution in [3.63, 3.8) is 0 Å². The lowest BCUT2D eigenvalue weighted by atomic mass is 10.3. The highest BCUT2D eigenvalue weighted by molar-refractivity contribution is 7.13. The Morgan fingerprint density at radius 3 is 2.61 bits per heavy atom. The van der Waals surface area contributed by atoms with Crippen LogP contribution in [-0.2, 0) is 6.61 Å². The van der Waals surface area contributed by atoms with Crippen LogP contribution in [0.1, 0.15) is 20.4 Å². The van der Waals surface area contributed by atoms with E-state index in [0.717, 1.165) is 11.3 Å². The molecule has 0 spiro atoms. The molecule has 1 heterocycles. The third kappa shape index (κ3) is 5.40. The van der Waals surface area contributed by atoms with Crippen LogP contribution in [0.15, 0.2) is 24.3 Å². The minimum atomic E-state index is -4.45. The van der Waals surface area contributed by atoms with Crippen molar-refractivity contribution in [2.24, 2.45) is 0 Å². The van der Waals surface area contributed by atoms with Crippen molar-refractivity contribution in [1.29, 1.82) is 0 Å². The van der Waals surface area contributed by atoms with Crippen molar-refractivity contribution >= 4 is 28.8 Å². The van der Waals surface area contributed by atoms with Gasteiger partial charge in [-0.3, -0.25) is 4.79 Å². The number of carbonyl (C=O) groups is 1. The van der Waals surface area contributed by atoms with Gasteiger partial charge in [-0.05, 0) is 31.2 Å². The van der Waals surface area contributed by atoms with Crippen molar-refractivity contribution in [2.45, 2.75) is 19.7 Å². The van der Waals surface area contributed by atoms with E-state index in [1.807, 2.05) is 5.32 Å². The van der Waals surface area contributed by atoms with Crippen LogP contribution in [0.3, 0.4) is 0 Å². The fraction of sp³-hybridized carbons (Fsp3) is 0.286. The quantitative estimate of drug-likeness (QED) is 0.873. The monoisotopic (exact) mass is 364 g/mol. The Balaban J connectivity index is 1.97. The summed E-state index contributed by atoms with van der Waals surface area (Å²) in [5.74, 6) is -0.222. The van der Waals surface area contributed by atoms with Gasteiger partial charge in [-0.15, -0.1) is 11.3 Å². The van der Waals surface area contributed by atoms with Crippen molar-refractivity contribution < 1.29 is 22.7 Å². The van der Waals surface area contributed by atoms with Gasteiger partial charge < -0.3 is 10.1 Å². The van der Waals surface area contributed by atoms with E-state index < -0.39 is 18.6 Å². The van der Waals surface area contributed by atoms with E-state index in [9.17, 15) is 18.0 Å². The van der Waals surface area contributed by atoms with Gasteiger partial charge in [0.2, 0.25) is 0 Å². The molecule has 0 fully saturated rings. The molecule has 2 aromatic rings. The number of nitrogens with one attached hydrogen (secondary N) is 1. The molecule has 0 saturated heterocycles. The van der Waals surface area contributed by atoms with Crippen molar-refractivity contribution in [3.05, 3.63) is 44.9 Å². The number of hydrogen-bond donors (Lipinski definition) is 1. The number of alkyl halides is 3. The highest BCUT2D eigenvalue weighted by Crippen LogP contribution is 2.22. The molecule has 0 aliphatic rings. The number of hydrogen-bond acceptors (Lipinski definition) is 4. The summed E-state index contributed by atoms with van der Waals surface area (Å²) >= 11 is 6.76. The van der Waals surface area contributed by atoms with Crippen LogP contribution >= 0.6 is 22.9 Å². The average molecular weight is 365 g/mol. The van der Waals surface area contributed by atoms with Gasteiger partial charge in [-0.2, -0.15) is 13.2 Å². The lowest BCUT2D eigenvalue weighted by molar-refractivity contribution is -0.123. The van der Waals surface area contributed by atoms with Crippen molar-refractivity contribution in [2.75, 3.05) is 6.54 Å². The molecule has 0 bridgehead atoms. The number of thiazole rings is 1. The summed E-state index contributed by atoms with van der Waals surface area (Å²) in [6, 6.07) is 6.69. The van der Waals surface area contributed by atoms with Gasteiger partial charge in [0.25, 0.3) is 5.91 Å². The molecule has 1 amide bonds. The normalized spacial score (nSPS) is 11.3. The number of benzene rings is 1. The number of ether oxygens (including phenoxy) is 1.